The highest BCUT2D eigenvalue weighted by Gasteiger charge is 2.27. The van der Waals surface area contributed by atoms with Crippen molar-refractivity contribution in [2.24, 2.45) is 0 Å². The number of amides is 1. The summed E-state index contributed by atoms with van der Waals surface area (Å²) in [6.07, 6.45) is 0. The van der Waals surface area contributed by atoms with Gasteiger partial charge in [0.2, 0.25) is 15.9 Å². The first-order valence-electron chi connectivity index (χ1n) is 12.0. The number of hydrogen-bond donors (Lipinski definition) is 0. The minimum Gasteiger partial charge on any atom is -0.333 e. The van der Waals surface area contributed by atoms with Crippen LogP contribution in [0.2, 0.25) is 0 Å². The van der Waals surface area contributed by atoms with Gasteiger partial charge in [0.25, 0.3) is 0 Å². The Morgan fingerprint density at radius 1 is 1.03 bits per heavy atom. The number of nitrogens with zero attached hydrogens (tertiary/aromatic N) is 4. The van der Waals surface area contributed by atoms with Crippen LogP contribution < -0.4 is 0 Å². The van der Waals surface area contributed by atoms with Crippen LogP contribution >= 0.6 is 11.8 Å². The summed E-state index contributed by atoms with van der Waals surface area (Å²) >= 11 is 1.39. The molecular formula is C26H36N4O3S2. The van der Waals surface area contributed by atoms with Crippen molar-refractivity contribution in [3.63, 3.8) is 0 Å². The Hall–Kier alpha value is -2.36. The van der Waals surface area contributed by atoms with Crippen molar-refractivity contribution >= 4 is 38.7 Å². The fourth-order valence-corrected chi connectivity index (χ4v) is 6.48. The molecule has 0 fully saturated rings. The number of hydrogen-bond acceptors (Lipinski definition) is 5. The van der Waals surface area contributed by atoms with E-state index in [9.17, 15) is 13.2 Å². The Kier molecular flexibility index (Phi) is 8.67. The third kappa shape index (κ3) is 6.08. The maximum absolute atomic E-state index is 13.3. The molecule has 0 radical (unpaired) electrons. The summed E-state index contributed by atoms with van der Waals surface area (Å²) in [6.45, 7) is 13.8. The lowest BCUT2D eigenvalue weighted by molar-refractivity contribution is -0.133. The monoisotopic (exact) mass is 516 g/mol. The molecule has 190 valence electrons. The molecule has 0 atom stereocenters. The lowest BCUT2D eigenvalue weighted by atomic mass is 10.0. The summed E-state index contributed by atoms with van der Waals surface area (Å²) in [5.74, 6) is 0.281. The number of benzene rings is 2. The lowest BCUT2D eigenvalue weighted by Crippen LogP contribution is -2.45. The van der Waals surface area contributed by atoms with Gasteiger partial charge in [-0.3, -0.25) is 4.79 Å². The molecular weight excluding hydrogens is 480 g/mol. The Morgan fingerprint density at radius 3 is 2.26 bits per heavy atom. The van der Waals surface area contributed by atoms with Crippen molar-refractivity contribution in [1.29, 1.82) is 0 Å². The Morgan fingerprint density at radius 2 is 1.69 bits per heavy atom. The van der Waals surface area contributed by atoms with Gasteiger partial charge in [-0.1, -0.05) is 55.9 Å². The van der Waals surface area contributed by atoms with Crippen molar-refractivity contribution < 1.29 is 13.2 Å². The van der Waals surface area contributed by atoms with Crippen LogP contribution in [-0.4, -0.2) is 57.5 Å². The number of carbonyl (C=O) groups is 1. The van der Waals surface area contributed by atoms with Gasteiger partial charge in [0.1, 0.15) is 0 Å². The van der Waals surface area contributed by atoms with Crippen molar-refractivity contribution in [3.05, 3.63) is 54.1 Å². The van der Waals surface area contributed by atoms with E-state index in [1.807, 2.05) is 87.4 Å². The van der Waals surface area contributed by atoms with E-state index in [-0.39, 0.29) is 22.1 Å². The quantitative estimate of drug-likeness (QED) is 0.354. The summed E-state index contributed by atoms with van der Waals surface area (Å²) in [6, 6.07) is 15.1. The van der Waals surface area contributed by atoms with Crippen LogP contribution in [0, 0.1) is 0 Å². The van der Waals surface area contributed by atoms with Gasteiger partial charge < -0.3 is 9.47 Å². The highest BCUT2D eigenvalue weighted by atomic mass is 32.2. The molecule has 0 unspecified atom stereocenters. The summed E-state index contributed by atoms with van der Waals surface area (Å²) in [7, 11) is -3.57. The normalized spacial score (nSPS) is 12.4. The van der Waals surface area contributed by atoms with Crippen LogP contribution in [0.25, 0.3) is 11.0 Å². The molecule has 2 aromatic carbocycles. The molecule has 3 rings (SSSR count). The van der Waals surface area contributed by atoms with Gasteiger partial charge in [0, 0.05) is 31.7 Å². The second-order valence-corrected chi connectivity index (χ2v) is 12.2. The van der Waals surface area contributed by atoms with Gasteiger partial charge in [-0.05, 0) is 51.5 Å². The number of rotatable bonds is 10. The van der Waals surface area contributed by atoms with Crippen LogP contribution in [0.1, 0.15) is 47.1 Å². The Labute approximate surface area is 213 Å². The van der Waals surface area contributed by atoms with Crippen LogP contribution in [0.4, 0.5) is 0 Å². The average Bonchev–Trinajstić information content (AvgIpc) is 3.18. The molecule has 0 aliphatic carbocycles. The van der Waals surface area contributed by atoms with Crippen molar-refractivity contribution in [2.45, 2.75) is 70.2 Å². The van der Waals surface area contributed by atoms with E-state index in [2.05, 4.69) is 0 Å². The number of aryl methyl sites for hydroxylation is 1. The maximum atomic E-state index is 13.3. The number of imidazole rings is 1. The lowest BCUT2D eigenvalue weighted by Gasteiger charge is -2.36. The number of fused-ring (bicyclic) bond motifs is 1. The summed E-state index contributed by atoms with van der Waals surface area (Å²) in [5, 5.41) is 0.710. The fraction of sp³-hybridized carbons (Fsp3) is 0.462. The molecule has 0 saturated heterocycles. The Balaban J connectivity index is 1.85. The minimum absolute atomic E-state index is 0.0332. The largest absolute Gasteiger partial charge is 0.333 e. The van der Waals surface area contributed by atoms with Crippen LogP contribution in [0.5, 0.6) is 0 Å². The van der Waals surface area contributed by atoms with E-state index in [1.54, 1.807) is 12.1 Å². The molecule has 1 heterocycles. The predicted octanol–water partition coefficient (Wildman–Crippen LogP) is 5.01. The molecule has 0 N–H and O–H groups in total. The average molecular weight is 517 g/mol. The van der Waals surface area contributed by atoms with E-state index in [4.69, 9.17) is 4.98 Å². The first kappa shape index (κ1) is 27.2. The molecule has 1 amide bonds. The number of aromatic nitrogens is 2. The zero-order valence-electron chi connectivity index (χ0n) is 21.5. The third-order valence-corrected chi connectivity index (χ3v) is 8.97. The van der Waals surface area contributed by atoms with Gasteiger partial charge in [-0.25, -0.2) is 13.4 Å². The molecule has 0 aliphatic rings. The first-order chi connectivity index (χ1) is 16.5. The first-order valence-corrected chi connectivity index (χ1v) is 14.4. The van der Waals surface area contributed by atoms with Crippen molar-refractivity contribution in [3.8, 4) is 0 Å². The number of thioether (sulfide) groups is 1. The van der Waals surface area contributed by atoms with E-state index in [0.29, 0.717) is 36.9 Å². The van der Waals surface area contributed by atoms with Gasteiger partial charge in [-0.2, -0.15) is 4.31 Å². The van der Waals surface area contributed by atoms with E-state index < -0.39 is 10.0 Å². The second kappa shape index (κ2) is 11.1. The van der Waals surface area contributed by atoms with Gasteiger partial charge in [0.05, 0.1) is 21.7 Å². The third-order valence-electron chi connectivity index (χ3n) is 5.96. The van der Waals surface area contributed by atoms with Crippen LogP contribution in [0.3, 0.4) is 0 Å². The summed E-state index contributed by atoms with van der Waals surface area (Å²) in [5.41, 5.74) is 2.24. The highest BCUT2D eigenvalue weighted by Crippen LogP contribution is 2.28. The topological polar surface area (TPSA) is 75.5 Å². The zero-order valence-corrected chi connectivity index (χ0v) is 23.1. The van der Waals surface area contributed by atoms with Crippen LogP contribution in [-0.2, 0) is 27.9 Å². The van der Waals surface area contributed by atoms with E-state index in [1.165, 1.54) is 16.1 Å². The van der Waals surface area contributed by atoms with E-state index in [0.717, 1.165) is 11.1 Å². The molecule has 7 nitrogen and oxygen atoms in total. The fourth-order valence-electron chi connectivity index (χ4n) is 4.05. The molecule has 3 aromatic rings. The molecule has 0 aliphatic heterocycles. The summed E-state index contributed by atoms with van der Waals surface area (Å²) < 4.78 is 29.4. The molecule has 0 bridgehead atoms. The van der Waals surface area contributed by atoms with E-state index >= 15 is 0 Å². The molecule has 0 spiro atoms. The SMILES string of the molecule is CCN(CC)S(=O)(=O)c1ccc2c(c1)nc(SCC(=O)N(Cc1ccccc1)C(C)(C)C)n2CC. The van der Waals surface area contributed by atoms with Crippen LogP contribution in [0.15, 0.2) is 58.6 Å². The number of sulfonamides is 1. The minimum atomic E-state index is -3.57. The predicted molar refractivity (Wildman–Crippen MR) is 143 cm³/mol. The van der Waals surface area contributed by atoms with Crippen molar-refractivity contribution in [1.82, 2.24) is 18.8 Å². The smallest absolute Gasteiger partial charge is 0.243 e. The molecule has 1 aromatic heterocycles. The number of carbonyl (C=O) groups excluding carboxylic acids is 1. The summed E-state index contributed by atoms with van der Waals surface area (Å²) in [4.78, 5) is 20.1. The highest BCUT2D eigenvalue weighted by molar-refractivity contribution is 7.99. The molecule has 9 heteroatoms. The molecule has 0 saturated carbocycles. The maximum Gasteiger partial charge on any atom is 0.243 e. The van der Waals surface area contributed by atoms with Gasteiger partial charge in [0.15, 0.2) is 5.16 Å². The molecule has 35 heavy (non-hydrogen) atoms. The standard InChI is InChI=1S/C26H36N4O3S2/c1-7-28(8-2)35(32,33)21-15-16-23-22(17-21)27-25(29(23)9-3)34-19-24(31)30(26(4,5)6)18-20-13-11-10-12-14-20/h10-17H,7-9,18-19H2,1-6H3. The Bertz CT molecular complexity index is 1260. The van der Waals surface area contributed by atoms with Crippen molar-refractivity contribution in [2.75, 3.05) is 18.8 Å². The van der Waals surface area contributed by atoms with Gasteiger partial charge in [-0.15, -0.1) is 0 Å². The zero-order chi connectivity index (χ0) is 25.8. The second-order valence-electron chi connectivity index (χ2n) is 9.30. The van der Waals surface area contributed by atoms with Gasteiger partial charge >= 0.3 is 0 Å².